The van der Waals surface area contributed by atoms with Crippen LogP contribution in [-0.2, 0) is 11.4 Å². The minimum absolute atomic E-state index is 0.00271. The van der Waals surface area contributed by atoms with Gasteiger partial charge in [0, 0.05) is 13.1 Å². The van der Waals surface area contributed by atoms with Gasteiger partial charge in [-0.1, -0.05) is 12.1 Å². The molecule has 0 atom stereocenters. The van der Waals surface area contributed by atoms with E-state index in [2.05, 4.69) is 5.32 Å². The Hall–Kier alpha value is -1.59. The van der Waals surface area contributed by atoms with Gasteiger partial charge in [0.05, 0.1) is 6.61 Å². The first-order valence-corrected chi connectivity index (χ1v) is 5.05. The van der Waals surface area contributed by atoms with Gasteiger partial charge in [0.2, 0.25) is 0 Å². The van der Waals surface area contributed by atoms with Crippen molar-refractivity contribution in [1.82, 2.24) is 5.32 Å². The van der Waals surface area contributed by atoms with Crippen molar-refractivity contribution in [2.75, 3.05) is 19.7 Å². The molecule has 1 aromatic rings. The first-order valence-electron chi connectivity index (χ1n) is 5.05. The predicted octanol–water partition coefficient (Wildman–Crippen LogP) is -0.367. The van der Waals surface area contributed by atoms with E-state index in [-0.39, 0.29) is 19.1 Å². The van der Waals surface area contributed by atoms with Crippen LogP contribution >= 0.6 is 0 Å². The third-order valence-electron chi connectivity index (χ3n) is 1.94. The molecule has 0 radical (unpaired) electrons. The van der Waals surface area contributed by atoms with E-state index in [4.69, 9.17) is 15.6 Å². The third kappa shape index (κ3) is 4.29. The Morgan fingerprint density at radius 1 is 1.38 bits per heavy atom. The largest absolute Gasteiger partial charge is 0.484 e. The summed E-state index contributed by atoms with van der Waals surface area (Å²) in [6.07, 6.45) is 0. The molecule has 88 valence electrons. The van der Waals surface area contributed by atoms with Crippen LogP contribution in [0.25, 0.3) is 0 Å². The van der Waals surface area contributed by atoms with E-state index in [0.717, 1.165) is 5.56 Å². The Bertz CT molecular complexity index is 325. The minimum atomic E-state index is -0.198. The minimum Gasteiger partial charge on any atom is -0.484 e. The van der Waals surface area contributed by atoms with E-state index < -0.39 is 0 Å². The molecule has 16 heavy (non-hydrogen) atoms. The fraction of sp³-hybridized carbons (Fsp3) is 0.364. The van der Waals surface area contributed by atoms with Gasteiger partial charge < -0.3 is 20.9 Å². The van der Waals surface area contributed by atoms with Gasteiger partial charge in [0.25, 0.3) is 5.91 Å². The number of benzene rings is 1. The van der Waals surface area contributed by atoms with Gasteiger partial charge >= 0.3 is 0 Å². The molecule has 4 N–H and O–H groups in total. The molecule has 5 heteroatoms. The number of ether oxygens (including phenoxy) is 1. The molecule has 0 saturated carbocycles. The second-order valence-electron chi connectivity index (χ2n) is 3.23. The number of hydrogen-bond donors (Lipinski definition) is 3. The molecule has 5 nitrogen and oxygen atoms in total. The maximum Gasteiger partial charge on any atom is 0.257 e. The van der Waals surface area contributed by atoms with E-state index in [9.17, 15) is 4.79 Å². The highest BCUT2D eigenvalue weighted by atomic mass is 16.5. The zero-order valence-corrected chi connectivity index (χ0v) is 8.98. The number of aliphatic hydroxyl groups is 1. The fourth-order valence-corrected chi connectivity index (χ4v) is 1.10. The van der Waals surface area contributed by atoms with Crippen molar-refractivity contribution in [1.29, 1.82) is 0 Å². The molecular formula is C11H16N2O3. The summed E-state index contributed by atoms with van der Waals surface area (Å²) < 4.78 is 5.23. The molecule has 0 heterocycles. The Morgan fingerprint density at radius 2 is 2.06 bits per heavy atom. The number of nitrogens with one attached hydrogen (secondary N) is 1. The lowest BCUT2D eigenvalue weighted by Gasteiger charge is -2.06. The lowest BCUT2D eigenvalue weighted by molar-refractivity contribution is -0.123. The molecule has 0 fully saturated rings. The summed E-state index contributed by atoms with van der Waals surface area (Å²) in [6, 6.07) is 6.91. The van der Waals surface area contributed by atoms with Crippen LogP contribution < -0.4 is 15.8 Å². The standard InChI is InChI=1S/C11H16N2O3/c12-5-6-13-11(15)8-16-10-3-1-9(7-14)2-4-10/h1-4,14H,5-8,12H2,(H,13,15). The van der Waals surface area contributed by atoms with Gasteiger partial charge in [-0.05, 0) is 17.7 Å². The number of amides is 1. The molecule has 0 unspecified atom stereocenters. The van der Waals surface area contributed by atoms with E-state index in [1.807, 2.05) is 0 Å². The quantitative estimate of drug-likeness (QED) is 0.615. The third-order valence-corrected chi connectivity index (χ3v) is 1.94. The molecular weight excluding hydrogens is 208 g/mol. The number of aliphatic hydroxyl groups excluding tert-OH is 1. The summed E-state index contributed by atoms with van der Waals surface area (Å²) in [5.74, 6) is 0.400. The number of carbonyl (C=O) groups is 1. The van der Waals surface area contributed by atoms with Crippen LogP contribution in [0, 0.1) is 0 Å². The van der Waals surface area contributed by atoms with Crippen LogP contribution in [0.5, 0.6) is 5.75 Å². The van der Waals surface area contributed by atoms with E-state index >= 15 is 0 Å². The van der Waals surface area contributed by atoms with Crippen LogP contribution in [0.15, 0.2) is 24.3 Å². The van der Waals surface area contributed by atoms with Crippen molar-refractivity contribution in [3.63, 3.8) is 0 Å². The number of hydrogen-bond acceptors (Lipinski definition) is 4. The molecule has 0 aliphatic carbocycles. The number of nitrogens with two attached hydrogens (primary N) is 1. The average molecular weight is 224 g/mol. The summed E-state index contributed by atoms with van der Waals surface area (Å²) in [4.78, 5) is 11.2. The molecule has 1 amide bonds. The molecule has 0 aromatic heterocycles. The highest BCUT2D eigenvalue weighted by molar-refractivity contribution is 5.77. The van der Waals surface area contributed by atoms with E-state index in [1.54, 1.807) is 24.3 Å². The van der Waals surface area contributed by atoms with Crippen molar-refractivity contribution in [2.24, 2.45) is 5.73 Å². The summed E-state index contributed by atoms with van der Waals surface area (Å²) >= 11 is 0. The van der Waals surface area contributed by atoms with Crippen LogP contribution in [-0.4, -0.2) is 30.7 Å². The average Bonchev–Trinajstić information content (AvgIpc) is 2.34. The molecule has 0 aliphatic heterocycles. The van der Waals surface area contributed by atoms with Crippen LogP contribution in [0.1, 0.15) is 5.56 Å². The lowest BCUT2D eigenvalue weighted by Crippen LogP contribution is -2.32. The van der Waals surface area contributed by atoms with E-state index in [1.165, 1.54) is 0 Å². The molecule has 0 spiro atoms. The van der Waals surface area contributed by atoms with Crippen molar-refractivity contribution < 1.29 is 14.6 Å². The monoisotopic (exact) mass is 224 g/mol. The fourth-order valence-electron chi connectivity index (χ4n) is 1.10. The van der Waals surface area contributed by atoms with Gasteiger partial charge in [-0.3, -0.25) is 4.79 Å². The topological polar surface area (TPSA) is 84.6 Å². The second-order valence-corrected chi connectivity index (χ2v) is 3.23. The van der Waals surface area contributed by atoms with Crippen LogP contribution in [0.4, 0.5) is 0 Å². The zero-order valence-electron chi connectivity index (χ0n) is 8.98. The highest BCUT2D eigenvalue weighted by Gasteiger charge is 2.01. The van der Waals surface area contributed by atoms with E-state index in [0.29, 0.717) is 18.8 Å². The lowest BCUT2D eigenvalue weighted by atomic mass is 10.2. The Balaban J connectivity index is 2.33. The predicted molar refractivity (Wildman–Crippen MR) is 59.9 cm³/mol. The molecule has 0 aliphatic rings. The van der Waals surface area contributed by atoms with Gasteiger partial charge in [0.1, 0.15) is 5.75 Å². The summed E-state index contributed by atoms with van der Waals surface area (Å²) in [6.45, 7) is 0.832. The van der Waals surface area contributed by atoms with Crippen molar-refractivity contribution >= 4 is 5.91 Å². The second kappa shape index (κ2) is 6.81. The smallest absolute Gasteiger partial charge is 0.257 e. The van der Waals surface area contributed by atoms with Gasteiger partial charge in [-0.15, -0.1) is 0 Å². The summed E-state index contributed by atoms with van der Waals surface area (Å²) in [5.41, 5.74) is 6.04. The normalized spacial score (nSPS) is 9.88. The van der Waals surface area contributed by atoms with Crippen molar-refractivity contribution in [3.8, 4) is 5.75 Å². The van der Waals surface area contributed by atoms with Gasteiger partial charge in [-0.25, -0.2) is 0 Å². The summed E-state index contributed by atoms with van der Waals surface area (Å²) in [5, 5.41) is 11.4. The first-order chi connectivity index (χ1) is 7.76. The molecule has 1 aromatic carbocycles. The SMILES string of the molecule is NCCNC(=O)COc1ccc(CO)cc1. The zero-order chi connectivity index (χ0) is 11.8. The maximum atomic E-state index is 11.2. The molecule has 0 saturated heterocycles. The Kier molecular flexibility index (Phi) is 5.31. The van der Waals surface area contributed by atoms with Crippen LogP contribution in [0.2, 0.25) is 0 Å². The first kappa shape index (κ1) is 12.5. The summed E-state index contributed by atoms with van der Waals surface area (Å²) in [7, 11) is 0. The number of carbonyl (C=O) groups excluding carboxylic acids is 1. The highest BCUT2D eigenvalue weighted by Crippen LogP contribution is 2.11. The molecule has 1 rings (SSSR count). The number of rotatable bonds is 6. The van der Waals surface area contributed by atoms with Crippen LogP contribution in [0.3, 0.4) is 0 Å². The van der Waals surface area contributed by atoms with Crippen molar-refractivity contribution in [3.05, 3.63) is 29.8 Å². The maximum absolute atomic E-state index is 11.2. The van der Waals surface area contributed by atoms with Gasteiger partial charge in [0.15, 0.2) is 6.61 Å². The molecule has 0 bridgehead atoms. The van der Waals surface area contributed by atoms with Crippen molar-refractivity contribution in [2.45, 2.75) is 6.61 Å². The van der Waals surface area contributed by atoms with Gasteiger partial charge in [-0.2, -0.15) is 0 Å². The Labute approximate surface area is 94.2 Å². The Morgan fingerprint density at radius 3 is 2.62 bits per heavy atom.